The Balaban J connectivity index is 1.75. The van der Waals surface area contributed by atoms with Gasteiger partial charge in [0, 0.05) is 24.0 Å². The van der Waals surface area contributed by atoms with Crippen molar-refractivity contribution in [1.82, 2.24) is 0 Å². The van der Waals surface area contributed by atoms with E-state index in [9.17, 15) is 15.3 Å². The number of halogens is 1. The highest BCUT2D eigenvalue weighted by Gasteiger charge is 2.38. The molecule has 0 spiro atoms. The van der Waals surface area contributed by atoms with Gasteiger partial charge >= 0.3 is 0 Å². The molecule has 4 rings (SSSR count). The van der Waals surface area contributed by atoms with Gasteiger partial charge in [0.1, 0.15) is 24.0 Å². The number of nitrogens with zero attached hydrogens (tertiary/aromatic N) is 2. The first-order chi connectivity index (χ1) is 16.0. The normalized spacial score (nSPS) is 17.6. The molecule has 0 aromatic heterocycles. The van der Waals surface area contributed by atoms with Crippen LogP contribution >= 0.6 is 22.6 Å². The van der Waals surface area contributed by atoms with Crippen LogP contribution < -0.4 is 15.2 Å². The molecule has 0 saturated heterocycles. The predicted octanol–water partition coefficient (Wildman–Crippen LogP) is 4.57. The van der Waals surface area contributed by atoms with Crippen LogP contribution in [0.4, 0.5) is 0 Å². The standard InChI is InChI=1S/C25H20IN3O4/c1-31-21-10-16(9-18(26)24(21)32-13-15-6-3-2-5-14(15)11-27)22-17(12-28)25(29)33-20-8-4-7-19(30)23(20)22/h2-3,5-6,9-10,22H,4,7-8,13,29H2,1H3/t22-/m1/s1. The maximum Gasteiger partial charge on any atom is 0.205 e. The maximum atomic E-state index is 12.8. The van der Waals surface area contributed by atoms with Gasteiger partial charge in [0.05, 0.1) is 28.2 Å². The number of nitriles is 2. The van der Waals surface area contributed by atoms with Crippen LogP contribution in [-0.4, -0.2) is 12.9 Å². The number of benzene rings is 2. The topological polar surface area (TPSA) is 118 Å². The van der Waals surface area contributed by atoms with Crippen molar-refractivity contribution in [2.45, 2.75) is 31.8 Å². The number of hydrogen-bond acceptors (Lipinski definition) is 7. The van der Waals surface area contributed by atoms with E-state index in [0.717, 1.165) is 9.13 Å². The average Bonchev–Trinajstić information content (AvgIpc) is 2.82. The Morgan fingerprint density at radius 1 is 1.21 bits per heavy atom. The Labute approximate surface area is 205 Å². The first-order valence-corrected chi connectivity index (χ1v) is 11.4. The van der Waals surface area contributed by atoms with Crippen molar-refractivity contribution in [3.63, 3.8) is 0 Å². The van der Waals surface area contributed by atoms with Gasteiger partial charge in [-0.25, -0.2) is 0 Å². The largest absolute Gasteiger partial charge is 0.493 e. The molecule has 7 nitrogen and oxygen atoms in total. The van der Waals surface area contributed by atoms with Gasteiger partial charge in [0.2, 0.25) is 5.88 Å². The summed E-state index contributed by atoms with van der Waals surface area (Å²) in [7, 11) is 1.53. The van der Waals surface area contributed by atoms with Gasteiger partial charge in [-0.2, -0.15) is 10.5 Å². The van der Waals surface area contributed by atoms with Gasteiger partial charge in [0.25, 0.3) is 0 Å². The van der Waals surface area contributed by atoms with Crippen LogP contribution in [0.15, 0.2) is 59.2 Å². The van der Waals surface area contributed by atoms with Crippen molar-refractivity contribution in [2.75, 3.05) is 7.11 Å². The molecule has 0 unspecified atom stereocenters. The summed E-state index contributed by atoms with van der Waals surface area (Å²) in [5.41, 5.74) is 8.75. The molecular formula is C25H20IN3O4. The van der Waals surface area contributed by atoms with E-state index in [1.807, 2.05) is 18.2 Å². The second kappa shape index (κ2) is 9.55. The van der Waals surface area contributed by atoms with E-state index < -0.39 is 5.92 Å². The second-order valence-corrected chi connectivity index (χ2v) is 8.79. The number of methoxy groups -OCH3 is 1. The Bertz CT molecular complexity index is 1280. The molecule has 2 aromatic rings. The molecule has 2 aromatic carbocycles. The fraction of sp³-hybridized carbons (Fsp3) is 0.240. The number of hydrogen-bond donors (Lipinski definition) is 1. The van der Waals surface area contributed by atoms with Crippen LogP contribution in [0.1, 0.15) is 41.9 Å². The van der Waals surface area contributed by atoms with E-state index in [1.165, 1.54) is 7.11 Å². The van der Waals surface area contributed by atoms with Crippen molar-refractivity contribution in [2.24, 2.45) is 5.73 Å². The molecular weight excluding hydrogens is 533 g/mol. The number of ketones is 1. The number of nitrogens with two attached hydrogens (primary N) is 1. The van der Waals surface area contributed by atoms with Gasteiger partial charge in [-0.1, -0.05) is 18.2 Å². The minimum absolute atomic E-state index is 0.0263. The molecule has 0 amide bonds. The minimum Gasteiger partial charge on any atom is -0.493 e. The second-order valence-electron chi connectivity index (χ2n) is 7.63. The summed E-state index contributed by atoms with van der Waals surface area (Å²) in [5, 5.41) is 19.1. The van der Waals surface area contributed by atoms with Gasteiger partial charge in [0.15, 0.2) is 17.3 Å². The quantitative estimate of drug-likeness (QED) is 0.540. The maximum absolute atomic E-state index is 12.8. The van der Waals surface area contributed by atoms with Gasteiger partial charge in [-0.05, 0) is 52.8 Å². The summed E-state index contributed by atoms with van der Waals surface area (Å²) >= 11 is 2.14. The molecule has 1 aliphatic heterocycles. The molecule has 1 heterocycles. The van der Waals surface area contributed by atoms with Crippen LogP contribution in [0, 0.1) is 26.2 Å². The molecule has 33 heavy (non-hydrogen) atoms. The molecule has 0 radical (unpaired) electrons. The third-order valence-electron chi connectivity index (χ3n) is 5.70. The first-order valence-electron chi connectivity index (χ1n) is 10.3. The van der Waals surface area contributed by atoms with Crippen LogP contribution in [-0.2, 0) is 16.1 Å². The highest BCUT2D eigenvalue weighted by Crippen LogP contribution is 2.46. The van der Waals surface area contributed by atoms with E-state index in [2.05, 4.69) is 34.7 Å². The summed E-state index contributed by atoms with van der Waals surface area (Å²) in [6.07, 6.45) is 1.70. The van der Waals surface area contributed by atoms with Gasteiger partial charge in [-0.3, -0.25) is 4.79 Å². The summed E-state index contributed by atoms with van der Waals surface area (Å²) in [4.78, 5) is 12.8. The summed E-state index contributed by atoms with van der Waals surface area (Å²) < 4.78 is 18.0. The third-order valence-corrected chi connectivity index (χ3v) is 6.50. The summed E-state index contributed by atoms with van der Waals surface area (Å²) in [6, 6.07) is 15.1. The lowest BCUT2D eigenvalue weighted by atomic mass is 9.77. The number of rotatable bonds is 5. The van der Waals surface area contributed by atoms with Crippen molar-refractivity contribution < 1.29 is 19.0 Å². The average molecular weight is 553 g/mol. The van der Waals surface area contributed by atoms with Crippen molar-refractivity contribution in [3.8, 4) is 23.6 Å². The van der Waals surface area contributed by atoms with Crippen LogP contribution in [0.25, 0.3) is 0 Å². The fourth-order valence-corrected chi connectivity index (χ4v) is 4.92. The molecule has 8 heteroatoms. The number of carbonyl (C=O) groups is 1. The summed E-state index contributed by atoms with van der Waals surface area (Å²) in [6.45, 7) is 0.191. The fourth-order valence-electron chi connectivity index (χ4n) is 4.14. The number of carbonyl (C=O) groups excluding carboxylic acids is 1. The first kappa shape index (κ1) is 22.7. The lowest BCUT2D eigenvalue weighted by molar-refractivity contribution is -0.116. The monoisotopic (exact) mass is 553 g/mol. The van der Waals surface area contributed by atoms with Gasteiger partial charge in [-0.15, -0.1) is 0 Å². The Kier molecular flexibility index (Phi) is 6.57. The minimum atomic E-state index is -0.623. The number of Topliss-reactive ketones (excluding diaryl/α,β-unsaturated/α-hetero) is 1. The lowest BCUT2D eigenvalue weighted by Gasteiger charge is -2.31. The molecule has 2 N–H and O–H groups in total. The molecule has 0 fully saturated rings. The summed E-state index contributed by atoms with van der Waals surface area (Å²) in [5.74, 6) is 0.875. The van der Waals surface area contributed by atoms with Crippen molar-refractivity contribution in [1.29, 1.82) is 10.5 Å². The molecule has 0 saturated carbocycles. The lowest BCUT2D eigenvalue weighted by Crippen LogP contribution is -2.27. The Morgan fingerprint density at radius 2 is 2.00 bits per heavy atom. The Morgan fingerprint density at radius 3 is 2.73 bits per heavy atom. The van der Waals surface area contributed by atoms with Crippen molar-refractivity contribution in [3.05, 3.63) is 79.4 Å². The molecule has 1 aliphatic carbocycles. The molecule has 1 atom stereocenters. The van der Waals surface area contributed by atoms with E-state index in [4.69, 9.17) is 19.9 Å². The molecule has 2 aliphatic rings. The zero-order chi connectivity index (χ0) is 23.5. The zero-order valence-corrected chi connectivity index (χ0v) is 20.0. The highest BCUT2D eigenvalue weighted by molar-refractivity contribution is 14.1. The van der Waals surface area contributed by atoms with E-state index in [0.29, 0.717) is 53.2 Å². The van der Waals surface area contributed by atoms with E-state index >= 15 is 0 Å². The van der Waals surface area contributed by atoms with Crippen molar-refractivity contribution >= 4 is 28.4 Å². The number of ether oxygens (including phenoxy) is 3. The SMILES string of the molecule is COc1cc([C@@H]2C(C#N)=C(N)OC3=C2C(=O)CCC3)cc(I)c1OCc1ccccc1C#N. The molecule has 0 bridgehead atoms. The van der Waals surface area contributed by atoms with Crippen LogP contribution in [0.2, 0.25) is 0 Å². The van der Waals surface area contributed by atoms with Crippen LogP contribution in [0.5, 0.6) is 11.5 Å². The highest BCUT2D eigenvalue weighted by atomic mass is 127. The number of allylic oxidation sites excluding steroid dienone is 3. The van der Waals surface area contributed by atoms with Gasteiger partial charge < -0.3 is 19.9 Å². The van der Waals surface area contributed by atoms with Crippen LogP contribution in [0.3, 0.4) is 0 Å². The van der Waals surface area contributed by atoms with E-state index in [1.54, 1.807) is 18.2 Å². The van der Waals surface area contributed by atoms with E-state index in [-0.39, 0.29) is 23.8 Å². The predicted molar refractivity (Wildman–Crippen MR) is 128 cm³/mol. The zero-order valence-electron chi connectivity index (χ0n) is 17.9. The smallest absolute Gasteiger partial charge is 0.205 e. The Hall–Kier alpha value is -3.50. The molecule has 166 valence electrons. The third kappa shape index (κ3) is 4.27.